The zero-order chi connectivity index (χ0) is 16.7. The topological polar surface area (TPSA) is 46.6 Å². The van der Waals surface area contributed by atoms with Crippen LogP contribution >= 0.6 is 0 Å². The van der Waals surface area contributed by atoms with Crippen molar-refractivity contribution in [1.29, 1.82) is 0 Å². The average molecular weight is 299 g/mol. The Morgan fingerprint density at radius 1 is 1.14 bits per heavy atom. The molecule has 0 heterocycles. The number of carbonyl (C=O) groups excluding carboxylic acids is 2. The van der Waals surface area contributed by atoms with Crippen LogP contribution in [0.1, 0.15) is 54.4 Å². The molecule has 0 fully saturated rings. The predicted octanol–water partition coefficient (Wildman–Crippen LogP) is 3.15. The summed E-state index contributed by atoms with van der Waals surface area (Å²) >= 11 is 0. The van der Waals surface area contributed by atoms with E-state index in [1.807, 2.05) is 14.0 Å². The van der Waals surface area contributed by atoms with Crippen molar-refractivity contribution in [1.82, 2.24) is 4.90 Å². The lowest BCUT2D eigenvalue weighted by Crippen LogP contribution is -2.51. The maximum atomic E-state index is 12.6. The van der Waals surface area contributed by atoms with Gasteiger partial charge in [-0.05, 0) is 18.8 Å². The van der Waals surface area contributed by atoms with Gasteiger partial charge in [0.25, 0.3) is 0 Å². The minimum absolute atomic E-state index is 0.0311. The third-order valence-electron chi connectivity index (χ3n) is 4.58. The molecule has 0 unspecified atom stereocenters. The highest BCUT2D eigenvalue weighted by Crippen LogP contribution is 2.24. The minimum atomic E-state index is -0.245. The third-order valence-corrected chi connectivity index (χ3v) is 4.58. The van der Waals surface area contributed by atoms with E-state index in [9.17, 15) is 9.59 Å². The Balaban J connectivity index is 5.30. The van der Waals surface area contributed by atoms with E-state index in [0.717, 1.165) is 6.42 Å². The van der Waals surface area contributed by atoms with Crippen molar-refractivity contribution in [3.63, 3.8) is 0 Å². The Labute approximate surface area is 130 Å². The van der Waals surface area contributed by atoms with Gasteiger partial charge in [0.15, 0.2) is 0 Å². The number of hydrogen-bond donors (Lipinski definition) is 0. The lowest BCUT2D eigenvalue weighted by atomic mass is 9.88. The normalized spacial score (nSPS) is 17.2. The van der Waals surface area contributed by atoms with Crippen LogP contribution in [-0.2, 0) is 14.3 Å². The molecule has 0 aromatic carbocycles. The highest BCUT2D eigenvalue weighted by Gasteiger charge is 2.35. The maximum absolute atomic E-state index is 12.6. The molecule has 0 radical (unpaired) electrons. The van der Waals surface area contributed by atoms with Crippen molar-refractivity contribution < 1.29 is 14.3 Å². The largest absolute Gasteiger partial charge is 0.379 e. The van der Waals surface area contributed by atoms with Gasteiger partial charge in [0.2, 0.25) is 5.91 Å². The summed E-state index contributed by atoms with van der Waals surface area (Å²) in [6, 6.07) is -0.0717. The maximum Gasteiger partial charge on any atom is 0.225 e. The van der Waals surface area contributed by atoms with Gasteiger partial charge < -0.3 is 9.64 Å². The fraction of sp³-hybridized carbons (Fsp3) is 0.882. The van der Waals surface area contributed by atoms with Gasteiger partial charge in [0.1, 0.15) is 5.78 Å². The van der Waals surface area contributed by atoms with Crippen LogP contribution in [0.3, 0.4) is 0 Å². The Morgan fingerprint density at radius 2 is 1.67 bits per heavy atom. The summed E-state index contributed by atoms with van der Waals surface area (Å²) in [7, 11) is 3.46. The molecule has 4 atom stereocenters. The summed E-state index contributed by atoms with van der Waals surface area (Å²) in [4.78, 5) is 25.9. The molecule has 0 bridgehead atoms. The molecule has 0 rings (SSSR count). The van der Waals surface area contributed by atoms with Crippen molar-refractivity contribution in [3.8, 4) is 0 Å². The summed E-state index contributed by atoms with van der Waals surface area (Å²) in [5, 5.41) is 0. The van der Waals surface area contributed by atoms with Gasteiger partial charge in [-0.2, -0.15) is 0 Å². The molecule has 0 aliphatic rings. The second-order valence-electron chi connectivity index (χ2n) is 6.54. The van der Waals surface area contributed by atoms with Gasteiger partial charge in [-0.3, -0.25) is 9.59 Å². The van der Waals surface area contributed by atoms with E-state index in [1.165, 1.54) is 0 Å². The van der Waals surface area contributed by atoms with Gasteiger partial charge in [0, 0.05) is 26.5 Å². The number of carbonyl (C=O) groups is 2. The van der Waals surface area contributed by atoms with Crippen LogP contribution < -0.4 is 0 Å². The Bertz CT molecular complexity index is 341. The first-order chi connectivity index (χ1) is 9.67. The van der Waals surface area contributed by atoms with Crippen molar-refractivity contribution in [2.24, 2.45) is 17.8 Å². The first-order valence-corrected chi connectivity index (χ1v) is 7.96. The summed E-state index contributed by atoms with van der Waals surface area (Å²) < 4.78 is 5.54. The standard InChI is InChI=1S/C17H33NO3/c1-9-12(4)16(15(21-8)10-13(5)19)18(7)17(20)14(6)11(2)3/h11-12,14-16H,9-10H2,1-8H3/t12-,14-,15+,16-/m0/s1. The molecule has 124 valence electrons. The summed E-state index contributed by atoms with van der Waals surface area (Å²) in [6.07, 6.45) is 1.04. The molecule has 0 spiro atoms. The number of ketones is 1. The molecule has 0 aliphatic carbocycles. The molecule has 1 amide bonds. The van der Waals surface area contributed by atoms with E-state index in [2.05, 4.69) is 27.7 Å². The predicted molar refractivity (Wildman–Crippen MR) is 86.1 cm³/mol. The highest BCUT2D eigenvalue weighted by molar-refractivity contribution is 5.79. The lowest BCUT2D eigenvalue weighted by molar-refractivity contribution is -0.143. The van der Waals surface area contributed by atoms with Crippen LogP contribution in [0.25, 0.3) is 0 Å². The molecule has 0 N–H and O–H groups in total. The van der Waals surface area contributed by atoms with Crippen LogP contribution in [0.5, 0.6) is 0 Å². The number of nitrogens with zero attached hydrogens (tertiary/aromatic N) is 1. The third kappa shape index (κ3) is 5.77. The van der Waals surface area contributed by atoms with E-state index in [-0.39, 0.29) is 35.7 Å². The summed E-state index contributed by atoms with van der Waals surface area (Å²) in [5.74, 6) is 0.763. The van der Waals surface area contributed by atoms with Gasteiger partial charge in [-0.1, -0.05) is 41.0 Å². The molecule has 0 aliphatic heterocycles. The molecule has 4 nitrogen and oxygen atoms in total. The molecule has 0 aromatic rings. The molecule has 0 saturated heterocycles. The summed E-state index contributed by atoms with van der Waals surface area (Å²) in [5.41, 5.74) is 0. The molecule has 0 aromatic heterocycles. The van der Waals surface area contributed by atoms with Crippen LogP contribution in [0.2, 0.25) is 0 Å². The van der Waals surface area contributed by atoms with Crippen LogP contribution in [0, 0.1) is 17.8 Å². The average Bonchev–Trinajstić information content (AvgIpc) is 2.43. The molecular formula is C17H33NO3. The van der Waals surface area contributed by atoms with Gasteiger partial charge in [0.05, 0.1) is 12.1 Å². The van der Waals surface area contributed by atoms with Gasteiger partial charge >= 0.3 is 0 Å². The lowest BCUT2D eigenvalue weighted by Gasteiger charge is -2.39. The molecule has 21 heavy (non-hydrogen) atoms. The van der Waals surface area contributed by atoms with Gasteiger partial charge in [-0.25, -0.2) is 0 Å². The fourth-order valence-electron chi connectivity index (χ4n) is 2.62. The van der Waals surface area contributed by atoms with Crippen LogP contribution in [-0.4, -0.2) is 42.9 Å². The smallest absolute Gasteiger partial charge is 0.225 e. The Hall–Kier alpha value is -0.900. The van der Waals surface area contributed by atoms with E-state index in [0.29, 0.717) is 12.3 Å². The van der Waals surface area contributed by atoms with Crippen molar-refractivity contribution in [3.05, 3.63) is 0 Å². The monoisotopic (exact) mass is 299 g/mol. The van der Waals surface area contributed by atoms with Crippen LogP contribution in [0.15, 0.2) is 0 Å². The van der Waals surface area contributed by atoms with E-state index < -0.39 is 0 Å². The number of likely N-dealkylation sites (N-methyl/N-ethyl adjacent to an activating group) is 1. The zero-order valence-corrected chi connectivity index (χ0v) is 15.0. The quantitative estimate of drug-likeness (QED) is 0.657. The van der Waals surface area contributed by atoms with E-state index in [1.54, 1.807) is 18.9 Å². The van der Waals surface area contributed by atoms with Crippen molar-refractivity contribution in [2.75, 3.05) is 14.2 Å². The van der Waals surface area contributed by atoms with Gasteiger partial charge in [-0.15, -0.1) is 0 Å². The first kappa shape index (κ1) is 20.1. The van der Waals surface area contributed by atoms with Crippen molar-refractivity contribution in [2.45, 2.75) is 66.5 Å². The Kier molecular flexibility index (Phi) is 8.79. The molecule has 4 heteroatoms. The number of ether oxygens (including phenoxy) is 1. The van der Waals surface area contributed by atoms with Crippen LogP contribution in [0.4, 0.5) is 0 Å². The summed E-state index contributed by atoms with van der Waals surface area (Å²) in [6.45, 7) is 11.8. The second kappa shape index (κ2) is 9.19. The number of amides is 1. The second-order valence-corrected chi connectivity index (χ2v) is 6.54. The first-order valence-electron chi connectivity index (χ1n) is 7.96. The van der Waals surface area contributed by atoms with Crippen molar-refractivity contribution >= 4 is 11.7 Å². The number of methoxy groups -OCH3 is 1. The zero-order valence-electron chi connectivity index (χ0n) is 15.0. The van der Waals surface area contributed by atoms with E-state index in [4.69, 9.17) is 4.74 Å². The SMILES string of the molecule is CC[C@H](C)[C@@H]([C@@H](CC(C)=O)OC)N(C)C(=O)[C@@H](C)C(C)C. The minimum Gasteiger partial charge on any atom is -0.379 e. The molecular weight excluding hydrogens is 266 g/mol. The number of Topliss-reactive ketones (excluding diaryl/α,β-unsaturated/α-hetero) is 1. The number of hydrogen-bond acceptors (Lipinski definition) is 3. The highest BCUT2D eigenvalue weighted by atomic mass is 16.5. The molecule has 0 saturated carbocycles. The number of rotatable bonds is 9. The van der Waals surface area contributed by atoms with E-state index >= 15 is 0 Å². The Morgan fingerprint density at radius 3 is 2.00 bits per heavy atom. The fourth-order valence-corrected chi connectivity index (χ4v) is 2.62.